The second-order valence-corrected chi connectivity index (χ2v) is 4.37. The molecular weight excluding hydrogens is 218 g/mol. The number of hydrogen-bond acceptors (Lipinski definition) is 4. The number of rotatable bonds is 3. The van der Waals surface area contributed by atoms with Gasteiger partial charge in [0.15, 0.2) is 17.3 Å². The third-order valence-corrected chi connectivity index (χ3v) is 2.53. The van der Waals surface area contributed by atoms with Gasteiger partial charge in [-0.05, 0) is 32.3 Å². The van der Waals surface area contributed by atoms with Gasteiger partial charge in [0.2, 0.25) is 0 Å². The fourth-order valence-corrected chi connectivity index (χ4v) is 1.72. The minimum absolute atomic E-state index is 0.0886. The molecule has 0 bridgehead atoms. The molecule has 2 rings (SSSR count). The molecule has 1 aliphatic heterocycles. The molecule has 0 spiro atoms. The van der Waals surface area contributed by atoms with Crippen LogP contribution < -0.4 is 9.47 Å². The standard InChI is InChI=1S/C13H17NO3/c1-14(2)9-11(15)10-4-5-12-13(8-10)17-7-3-6-16-12/h4-5,8H,3,6-7,9H2,1-2H3. The average molecular weight is 235 g/mol. The molecule has 0 amide bonds. The summed E-state index contributed by atoms with van der Waals surface area (Å²) in [5, 5.41) is 0. The molecule has 1 aliphatic rings. The molecule has 92 valence electrons. The summed E-state index contributed by atoms with van der Waals surface area (Å²) in [5.74, 6) is 1.49. The minimum atomic E-state index is 0.0886. The van der Waals surface area contributed by atoms with E-state index in [2.05, 4.69) is 0 Å². The zero-order valence-electron chi connectivity index (χ0n) is 10.2. The topological polar surface area (TPSA) is 38.8 Å². The Balaban J connectivity index is 2.20. The van der Waals surface area contributed by atoms with Crippen LogP contribution in [-0.4, -0.2) is 44.5 Å². The molecule has 0 radical (unpaired) electrons. The molecule has 17 heavy (non-hydrogen) atoms. The van der Waals surface area contributed by atoms with Crippen molar-refractivity contribution in [2.24, 2.45) is 0 Å². The zero-order chi connectivity index (χ0) is 12.3. The van der Waals surface area contributed by atoms with Gasteiger partial charge in [-0.2, -0.15) is 0 Å². The average Bonchev–Trinajstić information content (AvgIpc) is 2.51. The van der Waals surface area contributed by atoms with E-state index >= 15 is 0 Å². The van der Waals surface area contributed by atoms with Crippen LogP contribution in [0.25, 0.3) is 0 Å². The lowest BCUT2D eigenvalue weighted by molar-refractivity contribution is 0.0957. The number of carbonyl (C=O) groups is 1. The Bertz CT molecular complexity index is 415. The molecule has 0 saturated heterocycles. The van der Waals surface area contributed by atoms with Crippen LogP contribution in [-0.2, 0) is 0 Å². The van der Waals surface area contributed by atoms with Gasteiger partial charge < -0.3 is 14.4 Å². The Kier molecular flexibility index (Phi) is 3.64. The molecule has 1 aromatic carbocycles. The minimum Gasteiger partial charge on any atom is -0.490 e. The maximum absolute atomic E-state index is 11.9. The second-order valence-electron chi connectivity index (χ2n) is 4.37. The van der Waals surface area contributed by atoms with E-state index < -0.39 is 0 Å². The van der Waals surface area contributed by atoms with E-state index in [1.165, 1.54) is 0 Å². The summed E-state index contributed by atoms with van der Waals surface area (Å²) in [6.45, 7) is 1.70. The first-order valence-electron chi connectivity index (χ1n) is 5.74. The van der Waals surface area contributed by atoms with Gasteiger partial charge in [0, 0.05) is 12.0 Å². The molecule has 0 unspecified atom stereocenters. The predicted molar refractivity (Wildman–Crippen MR) is 64.9 cm³/mol. The third-order valence-electron chi connectivity index (χ3n) is 2.53. The quantitative estimate of drug-likeness (QED) is 0.746. The van der Waals surface area contributed by atoms with Crippen molar-refractivity contribution in [2.75, 3.05) is 33.9 Å². The van der Waals surface area contributed by atoms with Crippen LogP contribution in [0.3, 0.4) is 0 Å². The Morgan fingerprint density at radius 1 is 1.24 bits per heavy atom. The number of nitrogens with zero attached hydrogens (tertiary/aromatic N) is 1. The van der Waals surface area contributed by atoms with Gasteiger partial charge in [-0.25, -0.2) is 0 Å². The highest BCUT2D eigenvalue weighted by Crippen LogP contribution is 2.30. The molecular formula is C13H17NO3. The van der Waals surface area contributed by atoms with Crippen molar-refractivity contribution in [3.63, 3.8) is 0 Å². The molecule has 4 heteroatoms. The van der Waals surface area contributed by atoms with Crippen molar-refractivity contribution < 1.29 is 14.3 Å². The molecule has 0 aromatic heterocycles. The predicted octanol–water partition coefficient (Wildman–Crippen LogP) is 1.59. The number of carbonyl (C=O) groups excluding carboxylic acids is 1. The highest BCUT2D eigenvalue weighted by atomic mass is 16.5. The largest absolute Gasteiger partial charge is 0.490 e. The molecule has 0 saturated carbocycles. The lowest BCUT2D eigenvalue weighted by Gasteiger charge is -2.11. The number of Topliss-reactive ketones (excluding diaryl/α,β-unsaturated/α-hetero) is 1. The van der Waals surface area contributed by atoms with E-state index in [0.717, 1.165) is 12.2 Å². The van der Waals surface area contributed by atoms with E-state index in [0.29, 0.717) is 31.1 Å². The van der Waals surface area contributed by atoms with Crippen LogP contribution in [0.4, 0.5) is 0 Å². The Morgan fingerprint density at radius 2 is 1.94 bits per heavy atom. The number of benzene rings is 1. The van der Waals surface area contributed by atoms with Crippen LogP contribution in [0.15, 0.2) is 18.2 Å². The van der Waals surface area contributed by atoms with Crippen LogP contribution in [0.2, 0.25) is 0 Å². The second kappa shape index (κ2) is 5.19. The van der Waals surface area contributed by atoms with E-state index in [-0.39, 0.29) is 5.78 Å². The number of hydrogen-bond donors (Lipinski definition) is 0. The van der Waals surface area contributed by atoms with Gasteiger partial charge in [-0.1, -0.05) is 0 Å². The summed E-state index contributed by atoms with van der Waals surface area (Å²) in [4.78, 5) is 13.7. The lowest BCUT2D eigenvalue weighted by Crippen LogP contribution is -2.21. The van der Waals surface area contributed by atoms with Gasteiger partial charge >= 0.3 is 0 Å². The van der Waals surface area contributed by atoms with Gasteiger partial charge in [0.05, 0.1) is 19.8 Å². The number of likely N-dealkylation sites (N-methyl/N-ethyl adjacent to an activating group) is 1. The van der Waals surface area contributed by atoms with Crippen LogP contribution in [0.5, 0.6) is 11.5 Å². The van der Waals surface area contributed by atoms with Crippen molar-refractivity contribution in [1.82, 2.24) is 4.90 Å². The highest BCUT2D eigenvalue weighted by molar-refractivity contribution is 5.98. The number of ketones is 1. The van der Waals surface area contributed by atoms with Gasteiger partial charge in [0.25, 0.3) is 0 Å². The summed E-state index contributed by atoms with van der Waals surface area (Å²) in [6.07, 6.45) is 0.871. The van der Waals surface area contributed by atoms with E-state index in [1.54, 1.807) is 12.1 Å². The van der Waals surface area contributed by atoms with Crippen molar-refractivity contribution >= 4 is 5.78 Å². The first-order chi connectivity index (χ1) is 8.16. The van der Waals surface area contributed by atoms with E-state index in [4.69, 9.17) is 9.47 Å². The molecule has 0 aliphatic carbocycles. The van der Waals surface area contributed by atoms with E-state index in [1.807, 2.05) is 25.1 Å². The van der Waals surface area contributed by atoms with Gasteiger partial charge in [0.1, 0.15) is 0 Å². The SMILES string of the molecule is CN(C)CC(=O)c1ccc2c(c1)OCCCO2. The Hall–Kier alpha value is -1.55. The fraction of sp³-hybridized carbons (Fsp3) is 0.462. The van der Waals surface area contributed by atoms with Crippen molar-refractivity contribution in [2.45, 2.75) is 6.42 Å². The van der Waals surface area contributed by atoms with Crippen LogP contribution in [0.1, 0.15) is 16.8 Å². The first-order valence-corrected chi connectivity index (χ1v) is 5.74. The fourth-order valence-electron chi connectivity index (χ4n) is 1.72. The lowest BCUT2D eigenvalue weighted by atomic mass is 10.1. The monoisotopic (exact) mass is 235 g/mol. The Labute approximate surface area is 101 Å². The van der Waals surface area contributed by atoms with Crippen LogP contribution >= 0.6 is 0 Å². The van der Waals surface area contributed by atoms with Crippen molar-refractivity contribution in [1.29, 1.82) is 0 Å². The van der Waals surface area contributed by atoms with Gasteiger partial charge in [-0.3, -0.25) is 4.79 Å². The van der Waals surface area contributed by atoms with Crippen LogP contribution in [0, 0.1) is 0 Å². The first kappa shape index (κ1) is 11.9. The molecule has 0 atom stereocenters. The summed E-state index contributed by atoms with van der Waals surface area (Å²) in [6, 6.07) is 5.37. The molecule has 0 N–H and O–H groups in total. The maximum atomic E-state index is 11.9. The summed E-state index contributed by atoms with van der Waals surface area (Å²) >= 11 is 0. The Morgan fingerprint density at radius 3 is 2.65 bits per heavy atom. The molecule has 1 aromatic rings. The summed E-state index contributed by atoms with van der Waals surface area (Å²) < 4.78 is 11.1. The van der Waals surface area contributed by atoms with E-state index in [9.17, 15) is 4.79 Å². The molecule has 1 heterocycles. The molecule has 4 nitrogen and oxygen atoms in total. The smallest absolute Gasteiger partial charge is 0.176 e. The van der Waals surface area contributed by atoms with Gasteiger partial charge in [-0.15, -0.1) is 0 Å². The number of ether oxygens (including phenoxy) is 2. The third kappa shape index (κ3) is 2.97. The van der Waals surface area contributed by atoms with Crippen molar-refractivity contribution in [3.05, 3.63) is 23.8 Å². The highest BCUT2D eigenvalue weighted by Gasteiger charge is 2.14. The van der Waals surface area contributed by atoms with Crippen molar-refractivity contribution in [3.8, 4) is 11.5 Å². The zero-order valence-corrected chi connectivity index (χ0v) is 10.2. The summed E-state index contributed by atoms with van der Waals surface area (Å²) in [5.41, 5.74) is 0.669. The molecule has 0 fully saturated rings. The maximum Gasteiger partial charge on any atom is 0.176 e. The summed E-state index contributed by atoms with van der Waals surface area (Å²) in [7, 11) is 3.75. The number of fused-ring (bicyclic) bond motifs is 1. The normalized spacial score (nSPS) is 14.5.